The monoisotopic (exact) mass is 366 g/mol. The number of amides is 1. The van der Waals surface area contributed by atoms with Crippen LogP contribution in [0.2, 0.25) is 0 Å². The predicted molar refractivity (Wildman–Crippen MR) is 87.9 cm³/mol. The number of benzene rings is 1. The van der Waals surface area contributed by atoms with Crippen molar-refractivity contribution in [1.29, 1.82) is 0 Å². The van der Waals surface area contributed by atoms with Gasteiger partial charge >= 0.3 is 0 Å². The summed E-state index contributed by atoms with van der Waals surface area (Å²) in [5, 5.41) is 12.8. The van der Waals surface area contributed by atoms with Crippen LogP contribution in [0.15, 0.2) is 22.7 Å². The number of hydrogen-bond donors (Lipinski definition) is 1. The Morgan fingerprint density at radius 2 is 2.19 bits per heavy atom. The van der Waals surface area contributed by atoms with Gasteiger partial charge in [0, 0.05) is 16.7 Å². The SMILES string of the molecule is Cc1nnc(NC2CCN(c3ccc(Br)c(C)c3)C2=O)s1. The van der Waals surface area contributed by atoms with Crippen molar-refractivity contribution >= 4 is 44.0 Å². The molecule has 1 amide bonds. The molecule has 0 aliphatic carbocycles. The van der Waals surface area contributed by atoms with Crippen molar-refractivity contribution in [2.45, 2.75) is 26.3 Å². The standard InChI is InChI=1S/C14H15BrN4OS/c1-8-7-10(3-4-11(8)15)19-6-5-12(13(19)20)16-14-18-17-9(2)21-14/h3-4,7,12H,5-6H2,1-2H3,(H,16,18). The van der Waals surface area contributed by atoms with Crippen LogP contribution in [-0.4, -0.2) is 28.7 Å². The molecule has 5 nitrogen and oxygen atoms in total. The number of hydrogen-bond acceptors (Lipinski definition) is 5. The van der Waals surface area contributed by atoms with Crippen LogP contribution in [0.1, 0.15) is 17.0 Å². The molecule has 1 N–H and O–H groups in total. The summed E-state index contributed by atoms with van der Waals surface area (Å²) >= 11 is 4.95. The highest BCUT2D eigenvalue weighted by atomic mass is 79.9. The highest BCUT2D eigenvalue weighted by molar-refractivity contribution is 9.10. The molecular weight excluding hydrogens is 352 g/mol. The summed E-state index contributed by atoms with van der Waals surface area (Å²) in [5.41, 5.74) is 2.06. The number of carbonyl (C=O) groups is 1. The van der Waals surface area contributed by atoms with Gasteiger partial charge in [0.2, 0.25) is 11.0 Å². The molecule has 0 bridgehead atoms. The van der Waals surface area contributed by atoms with Gasteiger partial charge in [0.1, 0.15) is 11.0 Å². The van der Waals surface area contributed by atoms with Crippen molar-refractivity contribution in [3.63, 3.8) is 0 Å². The Hall–Kier alpha value is -1.47. The summed E-state index contributed by atoms with van der Waals surface area (Å²) in [6.45, 7) is 4.64. The average Bonchev–Trinajstić information content (AvgIpc) is 3.01. The maximum atomic E-state index is 12.5. The molecule has 110 valence electrons. The highest BCUT2D eigenvalue weighted by Crippen LogP contribution is 2.28. The molecule has 1 fully saturated rings. The summed E-state index contributed by atoms with van der Waals surface area (Å²) in [4.78, 5) is 14.3. The van der Waals surface area contributed by atoms with Gasteiger partial charge in [-0.1, -0.05) is 27.3 Å². The number of nitrogens with one attached hydrogen (secondary N) is 1. The lowest BCUT2D eigenvalue weighted by Crippen LogP contribution is -2.33. The van der Waals surface area contributed by atoms with Gasteiger partial charge in [0.25, 0.3) is 0 Å². The fourth-order valence-electron chi connectivity index (χ4n) is 2.37. The fraction of sp³-hybridized carbons (Fsp3) is 0.357. The second kappa shape index (κ2) is 5.73. The van der Waals surface area contributed by atoms with Crippen molar-refractivity contribution in [1.82, 2.24) is 10.2 Å². The Bertz CT molecular complexity index is 687. The van der Waals surface area contributed by atoms with E-state index in [1.165, 1.54) is 11.3 Å². The first-order chi connectivity index (χ1) is 10.0. The minimum Gasteiger partial charge on any atom is -0.348 e. The molecule has 3 rings (SSSR count). The average molecular weight is 367 g/mol. The lowest BCUT2D eigenvalue weighted by atomic mass is 10.2. The number of anilines is 2. The van der Waals surface area contributed by atoms with Crippen LogP contribution in [0.5, 0.6) is 0 Å². The van der Waals surface area contributed by atoms with Gasteiger partial charge in [-0.3, -0.25) is 4.79 Å². The first-order valence-corrected chi connectivity index (χ1v) is 8.30. The lowest BCUT2D eigenvalue weighted by molar-refractivity contribution is -0.117. The van der Waals surface area contributed by atoms with Gasteiger partial charge in [0.15, 0.2) is 0 Å². The number of nitrogens with zero attached hydrogens (tertiary/aromatic N) is 3. The Balaban J connectivity index is 1.75. The Morgan fingerprint density at radius 1 is 1.38 bits per heavy atom. The molecule has 1 saturated heterocycles. The van der Waals surface area contributed by atoms with Crippen molar-refractivity contribution in [3.05, 3.63) is 33.2 Å². The first kappa shape index (κ1) is 14.5. The van der Waals surface area contributed by atoms with Crippen LogP contribution in [-0.2, 0) is 4.79 Å². The molecule has 1 unspecified atom stereocenters. The van der Waals surface area contributed by atoms with Gasteiger partial charge in [0.05, 0.1) is 0 Å². The topological polar surface area (TPSA) is 58.1 Å². The van der Waals surface area contributed by atoms with Crippen LogP contribution < -0.4 is 10.2 Å². The zero-order chi connectivity index (χ0) is 15.0. The Labute approximate surface area is 135 Å². The van der Waals surface area contributed by atoms with E-state index in [4.69, 9.17) is 0 Å². The van der Waals surface area contributed by atoms with Crippen molar-refractivity contribution in [2.75, 3.05) is 16.8 Å². The Morgan fingerprint density at radius 3 is 2.86 bits per heavy atom. The third kappa shape index (κ3) is 2.94. The molecule has 0 saturated carbocycles. The third-order valence-corrected chi connectivity index (χ3v) is 5.14. The predicted octanol–water partition coefficient (Wildman–Crippen LogP) is 3.13. The molecule has 1 aliphatic rings. The molecule has 7 heteroatoms. The van der Waals surface area contributed by atoms with Gasteiger partial charge in [-0.05, 0) is 44.0 Å². The van der Waals surface area contributed by atoms with Gasteiger partial charge in [-0.15, -0.1) is 10.2 Å². The van der Waals surface area contributed by atoms with Crippen molar-refractivity contribution < 1.29 is 4.79 Å². The van der Waals surface area contributed by atoms with E-state index in [2.05, 4.69) is 31.4 Å². The molecule has 1 atom stereocenters. The minimum atomic E-state index is -0.221. The van der Waals surface area contributed by atoms with E-state index < -0.39 is 0 Å². The largest absolute Gasteiger partial charge is 0.348 e. The van der Waals surface area contributed by atoms with E-state index in [0.29, 0.717) is 5.13 Å². The molecule has 0 spiro atoms. The molecule has 0 radical (unpaired) electrons. The molecule has 2 aromatic rings. The number of halogens is 1. The third-order valence-electron chi connectivity index (χ3n) is 3.48. The van der Waals surface area contributed by atoms with Gasteiger partial charge < -0.3 is 10.2 Å². The molecule has 2 heterocycles. The molecular formula is C14H15BrN4OS. The maximum absolute atomic E-state index is 12.5. The fourth-order valence-corrected chi connectivity index (χ4v) is 3.26. The quantitative estimate of drug-likeness (QED) is 0.906. The normalized spacial score (nSPS) is 18.3. The van der Waals surface area contributed by atoms with Crippen LogP contribution in [0.25, 0.3) is 0 Å². The zero-order valence-electron chi connectivity index (χ0n) is 11.8. The second-order valence-corrected chi connectivity index (χ2v) is 7.07. The van der Waals surface area contributed by atoms with E-state index in [1.807, 2.05) is 36.9 Å². The summed E-state index contributed by atoms with van der Waals surface area (Å²) < 4.78 is 1.05. The number of rotatable bonds is 3. The second-order valence-electron chi connectivity index (χ2n) is 5.04. The van der Waals surface area contributed by atoms with Crippen molar-refractivity contribution in [2.24, 2.45) is 0 Å². The molecule has 1 aromatic carbocycles. The van der Waals surface area contributed by atoms with Crippen LogP contribution in [0, 0.1) is 13.8 Å². The number of aromatic nitrogens is 2. The molecule has 1 aromatic heterocycles. The van der Waals surface area contributed by atoms with E-state index in [9.17, 15) is 4.79 Å². The first-order valence-electron chi connectivity index (χ1n) is 6.69. The highest BCUT2D eigenvalue weighted by Gasteiger charge is 2.33. The molecule has 1 aliphatic heterocycles. The van der Waals surface area contributed by atoms with Gasteiger partial charge in [-0.2, -0.15) is 0 Å². The lowest BCUT2D eigenvalue weighted by Gasteiger charge is -2.18. The van der Waals surface area contributed by atoms with Crippen LogP contribution in [0.3, 0.4) is 0 Å². The van der Waals surface area contributed by atoms with Crippen LogP contribution in [0.4, 0.5) is 10.8 Å². The van der Waals surface area contributed by atoms with Gasteiger partial charge in [-0.25, -0.2) is 0 Å². The maximum Gasteiger partial charge on any atom is 0.249 e. The van der Waals surface area contributed by atoms with Crippen molar-refractivity contribution in [3.8, 4) is 0 Å². The van der Waals surface area contributed by atoms with E-state index in [-0.39, 0.29) is 11.9 Å². The summed E-state index contributed by atoms with van der Waals surface area (Å²) in [7, 11) is 0. The zero-order valence-corrected chi connectivity index (χ0v) is 14.2. The Kier molecular flexibility index (Phi) is 3.95. The minimum absolute atomic E-state index is 0.0876. The molecule has 21 heavy (non-hydrogen) atoms. The van der Waals surface area contributed by atoms with Crippen LogP contribution >= 0.6 is 27.3 Å². The van der Waals surface area contributed by atoms with E-state index >= 15 is 0 Å². The summed E-state index contributed by atoms with van der Waals surface area (Å²) in [6.07, 6.45) is 0.770. The smallest absolute Gasteiger partial charge is 0.249 e. The summed E-state index contributed by atoms with van der Waals surface area (Å²) in [5.74, 6) is 0.0876. The van der Waals surface area contributed by atoms with E-state index in [1.54, 1.807) is 0 Å². The number of carbonyl (C=O) groups excluding carboxylic acids is 1. The van der Waals surface area contributed by atoms with E-state index in [0.717, 1.165) is 33.7 Å². The summed E-state index contributed by atoms with van der Waals surface area (Å²) in [6, 6.07) is 5.75. The number of aryl methyl sites for hydroxylation is 2.